The molecule has 0 spiro atoms. The number of carbonyl (C=O) groups is 1. The molecule has 1 aliphatic heterocycles. The fraction of sp³-hybridized carbons (Fsp3) is 0.364. The van der Waals surface area contributed by atoms with Crippen molar-refractivity contribution in [3.8, 4) is 0 Å². The Hall–Kier alpha value is -3.51. The summed E-state index contributed by atoms with van der Waals surface area (Å²) in [7, 11) is 3.93. The molecule has 1 amide bonds. The first kappa shape index (κ1) is 23.6. The van der Waals surface area contributed by atoms with Gasteiger partial charge in [-0.3, -0.25) is 4.79 Å². The van der Waals surface area contributed by atoms with Crippen molar-refractivity contribution in [1.29, 1.82) is 0 Å². The number of aryl methyl sites for hydroxylation is 1. The summed E-state index contributed by atoms with van der Waals surface area (Å²) in [6.07, 6.45) is 1.94. The second kappa shape index (κ2) is 10.2. The predicted octanol–water partition coefficient (Wildman–Crippen LogP) is 2.00. The number of hydrogen-bond acceptors (Lipinski definition) is 10. The van der Waals surface area contributed by atoms with Crippen LogP contribution in [0.1, 0.15) is 25.2 Å². The van der Waals surface area contributed by atoms with Crippen LogP contribution in [0.3, 0.4) is 0 Å². The summed E-state index contributed by atoms with van der Waals surface area (Å²) in [5.41, 5.74) is 9.02. The molecule has 180 valence electrons. The van der Waals surface area contributed by atoms with Crippen LogP contribution in [0.25, 0.3) is 11.2 Å². The van der Waals surface area contributed by atoms with Crippen LogP contribution >= 0.6 is 11.8 Å². The summed E-state index contributed by atoms with van der Waals surface area (Å²) >= 11 is 1.30. The number of aliphatic hydroxyl groups excluding tert-OH is 1. The lowest BCUT2D eigenvalue weighted by atomic mass is 10.1. The van der Waals surface area contributed by atoms with Gasteiger partial charge in [0.15, 0.2) is 22.1 Å². The Balaban J connectivity index is 1.50. The number of aromatic nitrogens is 4. The number of carbonyl (C=O) groups excluding carboxylic acids is 1. The number of nitrogens with two attached hydrogens (primary N) is 1. The number of imidazole rings is 1. The summed E-state index contributed by atoms with van der Waals surface area (Å²) in [5.74, 6) is -0.134. The lowest BCUT2D eigenvalue weighted by Crippen LogP contribution is -2.33. The zero-order valence-electron chi connectivity index (χ0n) is 19.1. The van der Waals surface area contributed by atoms with Crippen molar-refractivity contribution in [3.63, 3.8) is 0 Å². The molecule has 1 aromatic carbocycles. The number of benzene rings is 1. The first-order valence-electron chi connectivity index (χ1n) is 10.7. The molecule has 0 saturated heterocycles. The number of ether oxygens (including phenoxy) is 2. The van der Waals surface area contributed by atoms with Crippen molar-refractivity contribution in [2.75, 3.05) is 31.3 Å². The van der Waals surface area contributed by atoms with E-state index in [1.54, 1.807) is 6.26 Å². The van der Waals surface area contributed by atoms with Gasteiger partial charge in [0, 0.05) is 32.9 Å². The molecule has 4 rings (SSSR count). The van der Waals surface area contributed by atoms with Gasteiger partial charge in [-0.1, -0.05) is 12.1 Å². The molecule has 2 atom stereocenters. The molecule has 3 aromatic rings. The van der Waals surface area contributed by atoms with Crippen LogP contribution in [0.2, 0.25) is 0 Å². The smallest absolute Gasteiger partial charge is 0.269 e. The van der Waals surface area contributed by atoms with Crippen molar-refractivity contribution < 1.29 is 19.4 Å². The number of nitrogens with zero attached hydrogens (tertiary/aromatic N) is 5. The number of nitrogen functional groups attached to an aromatic ring is 1. The third-order valence-corrected chi connectivity index (χ3v) is 6.03. The number of thioether (sulfide) groups is 1. The van der Waals surface area contributed by atoms with Gasteiger partial charge in [-0.05, 0) is 37.2 Å². The van der Waals surface area contributed by atoms with E-state index in [0.29, 0.717) is 40.9 Å². The second-order valence-corrected chi connectivity index (χ2v) is 8.85. The van der Waals surface area contributed by atoms with Gasteiger partial charge >= 0.3 is 0 Å². The molecule has 2 aromatic heterocycles. The van der Waals surface area contributed by atoms with E-state index in [-0.39, 0.29) is 5.82 Å². The van der Waals surface area contributed by atoms with Gasteiger partial charge in [0.2, 0.25) is 11.0 Å². The van der Waals surface area contributed by atoms with E-state index in [1.807, 2.05) is 47.8 Å². The summed E-state index contributed by atoms with van der Waals surface area (Å²) in [6.45, 7) is 2.32. The van der Waals surface area contributed by atoms with Crippen LogP contribution in [0.15, 0.2) is 47.1 Å². The molecular weight excluding hydrogens is 458 g/mol. The van der Waals surface area contributed by atoms with Crippen LogP contribution < -0.4 is 16.0 Å². The molecule has 12 heteroatoms. The van der Waals surface area contributed by atoms with E-state index in [4.69, 9.17) is 15.2 Å². The molecule has 0 saturated carbocycles. The Morgan fingerprint density at radius 2 is 2.15 bits per heavy atom. The van der Waals surface area contributed by atoms with E-state index >= 15 is 0 Å². The summed E-state index contributed by atoms with van der Waals surface area (Å²) < 4.78 is 13.8. The minimum atomic E-state index is -1.05. The second-order valence-electron chi connectivity index (χ2n) is 7.88. The zero-order valence-corrected chi connectivity index (χ0v) is 20.0. The van der Waals surface area contributed by atoms with Crippen molar-refractivity contribution in [1.82, 2.24) is 24.8 Å². The highest BCUT2D eigenvalue weighted by atomic mass is 32.2. The normalized spacial score (nSPS) is 16.0. The lowest BCUT2D eigenvalue weighted by molar-refractivity contribution is -0.128. The number of hydrogen-bond donors (Lipinski definition) is 3. The van der Waals surface area contributed by atoms with Gasteiger partial charge in [-0.25, -0.2) is 15.0 Å². The first-order valence-corrected chi connectivity index (χ1v) is 11.6. The van der Waals surface area contributed by atoms with Crippen LogP contribution in [0.4, 0.5) is 11.5 Å². The molecule has 4 N–H and O–H groups in total. The standard InChI is InChI=1S/C22H27N7O4S/c1-13(30)20(31)24-9-6-10-29-19-17(18(23)25-12-26-19)27-22(29)34-16-11-32-21(33-16)14-7-4-5-8-15(14)28(2)3/h4-5,7-8,11-13,21,30H,6,9-10H2,1-3H3,(H,24,31)(H2,23,25,26). The van der Waals surface area contributed by atoms with Crippen molar-refractivity contribution in [3.05, 3.63) is 47.5 Å². The maximum atomic E-state index is 11.6. The van der Waals surface area contributed by atoms with Gasteiger partial charge < -0.3 is 35.1 Å². The number of rotatable bonds is 9. The molecule has 1 aliphatic rings. The monoisotopic (exact) mass is 485 g/mol. The fourth-order valence-electron chi connectivity index (χ4n) is 3.46. The zero-order chi connectivity index (χ0) is 24.2. The van der Waals surface area contributed by atoms with Gasteiger partial charge in [-0.15, -0.1) is 0 Å². The van der Waals surface area contributed by atoms with E-state index in [0.717, 1.165) is 11.3 Å². The molecule has 0 aliphatic carbocycles. The quantitative estimate of drug-likeness (QED) is 0.385. The van der Waals surface area contributed by atoms with Crippen molar-refractivity contribution >= 4 is 40.3 Å². The van der Waals surface area contributed by atoms with Gasteiger partial charge in [0.25, 0.3) is 6.29 Å². The van der Waals surface area contributed by atoms with Crippen LogP contribution in [0, 0.1) is 0 Å². The summed E-state index contributed by atoms with van der Waals surface area (Å²) in [4.78, 5) is 26.6. The topological polar surface area (TPSA) is 141 Å². The number of para-hydroxylation sites is 1. The van der Waals surface area contributed by atoms with E-state index in [2.05, 4.69) is 20.3 Å². The number of anilines is 2. The number of amides is 1. The summed E-state index contributed by atoms with van der Waals surface area (Å²) in [6, 6.07) is 7.88. The predicted molar refractivity (Wildman–Crippen MR) is 129 cm³/mol. The average molecular weight is 486 g/mol. The van der Waals surface area contributed by atoms with Crippen LogP contribution in [-0.4, -0.2) is 57.3 Å². The molecule has 0 fully saturated rings. The Labute approximate surface area is 201 Å². The van der Waals surface area contributed by atoms with Crippen molar-refractivity contribution in [2.24, 2.45) is 0 Å². The molecule has 34 heavy (non-hydrogen) atoms. The van der Waals surface area contributed by atoms with E-state index < -0.39 is 18.3 Å². The average Bonchev–Trinajstić information content (AvgIpc) is 3.42. The largest absolute Gasteiger partial charge is 0.454 e. The lowest BCUT2D eigenvalue weighted by Gasteiger charge is -2.20. The molecule has 3 heterocycles. The van der Waals surface area contributed by atoms with Gasteiger partial charge in [-0.2, -0.15) is 0 Å². The highest BCUT2D eigenvalue weighted by Crippen LogP contribution is 2.40. The minimum Gasteiger partial charge on any atom is -0.454 e. The Bertz CT molecular complexity index is 1210. The SMILES string of the molecule is CC(O)C(=O)NCCCn1c(SC2=COC(c3ccccc3N(C)C)O2)nc2c(N)ncnc21. The maximum absolute atomic E-state index is 11.6. The molecule has 0 bridgehead atoms. The van der Waals surface area contributed by atoms with Gasteiger partial charge in [0.1, 0.15) is 18.7 Å². The Kier molecular flexibility index (Phi) is 7.08. The highest BCUT2D eigenvalue weighted by Gasteiger charge is 2.27. The first-order chi connectivity index (χ1) is 16.3. The van der Waals surface area contributed by atoms with Crippen molar-refractivity contribution in [2.45, 2.75) is 37.4 Å². The Morgan fingerprint density at radius 1 is 1.35 bits per heavy atom. The van der Waals surface area contributed by atoms with E-state index in [1.165, 1.54) is 25.0 Å². The third kappa shape index (κ3) is 5.02. The number of aliphatic hydroxyl groups is 1. The minimum absolute atomic E-state index is 0.281. The fourth-order valence-corrected chi connectivity index (χ4v) is 4.30. The highest BCUT2D eigenvalue weighted by molar-refractivity contribution is 8.02. The van der Waals surface area contributed by atoms with E-state index in [9.17, 15) is 9.90 Å². The maximum Gasteiger partial charge on any atom is 0.269 e. The Morgan fingerprint density at radius 3 is 2.91 bits per heavy atom. The molecule has 11 nitrogen and oxygen atoms in total. The number of fused-ring (bicyclic) bond motifs is 1. The van der Waals surface area contributed by atoms with Gasteiger partial charge in [0.05, 0.1) is 5.56 Å². The molecular formula is C22H27N7O4S. The molecule has 0 radical (unpaired) electrons. The third-order valence-electron chi connectivity index (χ3n) is 5.14. The van der Waals surface area contributed by atoms with Crippen LogP contribution in [-0.2, 0) is 20.8 Å². The number of nitrogens with one attached hydrogen (secondary N) is 1. The van der Waals surface area contributed by atoms with Crippen LogP contribution in [0.5, 0.6) is 0 Å². The summed E-state index contributed by atoms with van der Waals surface area (Å²) in [5, 5.41) is 13.2. The molecule has 2 unspecified atom stereocenters.